The summed E-state index contributed by atoms with van der Waals surface area (Å²) in [7, 11) is -3.78. The van der Waals surface area contributed by atoms with Crippen LogP contribution in [0.2, 0.25) is 0 Å². The summed E-state index contributed by atoms with van der Waals surface area (Å²) in [5.74, 6) is -3.09. The van der Waals surface area contributed by atoms with Gasteiger partial charge in [0, 0.05) is 37.8 Å². The SMILES string of the molecule is NCCNC(=O)c1cccc(-c2cccc(CN(CCc3ccc(S(N)(=O)=O)cc3)C(=O)/C=C/c3ccccc3)c2)c1.O=C(O)C(F)(F)F. The predicted molar refractivity (Wildman–Crippen MR) is 179 cm³/mol. The number of hydrogen-bond donors (Lipinski definition) is 4. The van der Waals surface area contributed by atoms with Gasteiger partial charge in [-0.05, 0) is 70.6 Å². The number of hydrogen-bond acceptors (Lipinski definition) is 6. The molecule has 0 aliphatic heterocycles. The molecule has 0 aliphatic rings. The molecule has 258 valence electrons. The standard InChI is InChI=1S/C33H34N4O4S.C2HF3O2/c34-19-20-36-33(39)30-11-5-10-29(23-30)28-9-4-8-27(22-28)24-37(32(38)17-14-25-6-2-1-3-7-25)21-18-26-12-15-31(16-13-26)42(35,40)41;3-2(4,5)1(6)7/h1-17,22-23H,18-21,24,34H2,(H,36,39)(H2,35,40,41);(H,6,7)/b17-14+;. The number of carbonyl (C=O) groups is 3. The van der Waals surface area contributed by atoms with Crippen molar-refractivity contribution in [1.29, 1.82) is 0 Å². The van der Waals surface area contributed by atoms with Crippen molar-refractivity contribution in [2.24, 2.45) is 10.9 Å². The molecule has 0 spiro atoms. The molecule has 2 amide bonds. The van der Waals surface area contributed by atoms with Gasteiger partial charge in [-0.15, -0.1) is 0 Å². The van der Waals surface area contributed by atoms with E-state index in [4.69, 9.17) is 20.8 Å². The largest absolute Gasteiger partial charge is 0.490 e. The highest BCUT2D eigenvalue weighted by molar-refractivity contribution is 7.89. The zero-order valence-corrected chi connectivity index (χ0v) is 27.0. The van der Waals surface area contributed by atoms with Gasteiger partial charge in [0.1, 0.15) is 0 Å². The molecular formula is C35H35F3N4O6S. The second-order valence-corrected chi connectivity index (χ2v) is 12.1. The van der Waals surface area contributed by atoms with Crippen LogP contribution in [0.1, 0.15) is 27.0 Å². The zero-order chi connectivity index (χ0) is 36.0. The van der Waals surface area contributed by atoms with Crippen LogP contribution in [0.25, 0.3) is 17.2 Å². The van der Waals surface area contributed by atoms with Crippen molar-refractivity contribution < 1.29 is 41.1 Å². The van der Waals surface area contributed by atoms with Crippen LogP contribution >= 0.6 is 0 Å². The van der Waals surface area contributed by atoms with E-state index in [-0.39, 0.29) is 16.7 Å². The lowest BCUT2D eigenvalue weighted by molar-refractivity contribution is -0.192. The molecule has 14 heteroatoms. The second kappa shape index (κ2) is 17.7. The van der Waals surface area contributed by atoms with Gasteiger partial charge in [-0.25, -0.2) is 18.4 Å². The third-order valence-electron chi connectivity index (χ3n) is 6.88. The molecule has 0 saturated heterocycles. The fourth-order valence-corrected chi connectivity index (χ4v) is 4.93. The highest BCUT2D eigenvalue weighted by Crippen LogP contribution is 2.23. The van der Waals surface area contributed by atoms with Crippen molar-refractivity contribution in [1.82, 2.24) is 10.2 Å². The summed E-state index contributed by atoms with van der Waals surface area (Å²) in [4.78, 5) is 36.5. The van der Waals surface area contributed by atoms with E-state index in [1.807, 2.05) is 72.8 Å². The lowest BCUT2D eigenvalue weighted by atomic mass is 10.0. The van der Waals surface area contributed by atoms with Crippen molar-refractivity contribution in [2.75, 3.05) is 19.6 Å². The maximum atomic E-state index is 13.4. The first kappa shape index (κ1) is 38.1. The third kappa shape index (κ3) is 12.7. The Kier molecular flexibility index (Phi) is 13.8. The van der Waals surface area contributed by atoms with Crippen LogP contribution in [0.3, 0.4) is 0 Å². The lowest BCUT2D eigenvalue weighted by Crippen LogP contribution is -2.31. The van der Waals surface area contributed by atoms with E-state index in [9.17, 15) is 31.2 Å². The van der Waals surface area contributed by atoms with E-state index in [0.29, 0.717) is 38.2 Å². The van der Waals surface area contributed by atoms with Crippen molar-refractivity contribution in [3.8, 4) is 11.1 Å². The van der Waals surface area contributed by atoms with Crippen molar-refractivity contribution in [3.05, 3.63) is 131 Å². The van der Waals surface area contributed by atoms with Crippen LogP contribution in [0.5, 0.6) is 0 Å². The van der Waals surface area contributed by atoms with E-state index < -0.39 is 22.2 Å². The van der Waals surface area contributed by atoms with Crippen LogP contribution in [0.15, 0.2) is 114 Å². The molecule has 0 bridgehead atoms. The monoisotopic (exact) mass is 696 g/mol. The molecular weight excluding hydrogens is 661 g/mol. The Morgan fingerprint density at radius 2 is 1.45 bits per heavy atom. The molecule has 10 nitrogen and oxygen atoms in total. The third-order valence-corrected chi connectivity index (χ3v) is 7.81. The Bertz CT molecular complexity index is 1870. The minimum atomic E-state index is -5.08. The summed E-state index contributed by atoms with van der Waals surface area (Å²) in [6.07, 6.45) is -1.21. The molecule has 0 saturated carbocycles. The number of carboxylic acid groups (broad SMARTS) is 1. The maximum absolute atomic E-state index is 13.4. The molecule has 4 aromatic carbocycles. The van der Waals surface area contributed by atoms with Crippen LogP contribution in [0, 0.1) is 0 Å². The molecule has 4 aromatic rings. The second-order valence-electron chi connectivity index (χ2n) is 10.6. The molecule has 0 atom stereocenters. The Hall–Kier alpha value is -5.31. The number of nitrogens with two attached hydrogens (primary N) is 2. The number of nitrogens with one attached hydrogen (secondary N) is 1. The first-order valence-electron chi connectivity index (χ1n) is 14.8. The van der Waals surface area contributed by atoms with Gasteiger partial charge in [0.05, 0.1) is 4.90 Å². The number of sulfonamides is 1. The topological polar surface area (TPSA) is 173 Å². The molecule has 0 aromatic heterocycles. The number of nitrogens with zero attached hydrogens (tertiary/aromatic N) is 1. The average molecular weight is 697 g/mol. The van der Waals surface area contributed by atoms with Crippen molar-refractivity contribution in [3.63, 3.8) is 0 Å². The highest BCUT2D eigenvalue weighted by Gasteiger charge is 2.38. The summed E-state index contributed by atoms with van der Waals surface area (Å²) < 4.78 is 55.0. The van der Waals surface area contributed by atoms with Crippen LogP contribution in [-0.2, 0) is 32.6 Å². The number of primary sulfonamides is 1. The van der Waals surface area contributed by atoms with E-state index in [0.717, 1.165) is 27.8 Å². The summed E-state index contributed by atoms with van der Waals surface area (Å²) in [5, 5.41) is 15.1. The van der Waals surface area contributed by atoms with Crippen LogP contribution < -0.4 is 16.2 Å². The number of benzene rings is 4. The molecule has 0 unspecified atom stereocenters. The highest BCUT2D eigenvalue weighted by atomic mass is 32.2. The number of amides is 2. The summed E-state index contributed by atoms with van der Waals surface area (Å²) in [6, 6.07) is 31.2. The Morgan fingerprint density at radius 1 is 0.837 bits per heavy atom. The molecule has 0 fully saturated rings. The van der Waals surface area contributed by atoms with Gasteiger partial charge in [0.15, 0.2) is 0 Å². The van der Waals surface area contributed by atoms with E-state index in [2.05, 4.69) is 5.32 Å². The smallest absolute Gasteiger partial charge is 0.475 e. The number of carbonyl (C=O) groups excluding carboxylic acids is 2. The summed E-state index contributed by atoms with van der Waals surface area (Å²) in [6.45, 7) is 1.53. The number of halogens is 3. The number of alkyl halides is 3. The quantitative estimate of drug-likeness (QED) is 0.157. The van der Waals surface area contributed by atoms with Gasteiger partial charge < -0.3 is 21.1 Å². The van der Waals surface area contributed by atoms with Crippen LogP contribution in [-0.4, -0.2) is 62.0 Å². The summed E-state index contributed by atoms with van der Waals surface area (Å²) >= 11 is 0. The van der Waals surface area contributed by atoms with Gasteiger partial charge in [-0.3, -0.25) is 9.59 Å². The molecule has 0 aliphatic carbocycles. The van der Waals surface area contributed by atoms with Crippen molar-refractivity contribution >= 4 is 33.9 Å². The van der Waals surface area contributed by atoms with Gasteiger partial charge in [-0.2, -0.15) is 13.2 Å². The number of carboxylic acids is 1. The Labute approximate surface area is 281 Å². The van der Waals surface area contributed by atoms with Crippen molar-refractivity contribution in [2.45, 2.75) is 24.0 Å². The zero-order valence-electron chi connectivity index (χ0n) is 26.1. The van der Waals surface area contributed by atoms with Gasteiger partial charge >= 0.3 is 12.1 Å². The Morgan fingerprint density at radius 3 is 2.04 bits per heavy atom. The van der Waals surface area contributed by atoms with E-state index in [1.165, 1.54) is 12.1 Å². The maximum Gasteiger partial charge on any atom is 0.490 e. The van der Waals surface area contributed by atoms with E-state index >= 15 is 0 Å². The normalized spacial score (nSPS) is 11.4. The first-order chi connectivity index (χ1) is 23.2. The van der Waals surface area contributed by atoms with Gasteiger partial charge in [0.2, 0.25) is 15.9 Å². The predicted octanol–water partition coefficient (Wildman–Crippen LogP) is 4.61. The molecule has 6 N–H and O–H groups in total. The molecule has 0 heterocycles. The average Bonchev–Trinajstić information content (AvgIpc) is 3.08. The Balaban J connectivity index is 0.000000838. The molecule has 4 rings (SSSR count). The fraction of sp³-hybridized carbons (Fsp3) is 0.171. The minimum absolute atomic E-state index is 0.0442. The van der Waals surface area contributed by atoms with Gasteiger partial charge in [-0.1, -0.05) is 72.8 Å². The number of aliphatic carboxylic acids is 1. The minimum Gasteiger partial charge on any atom is -0.475 e. The first-order valence-corrected chi connectivity index (χ1v) is 16.3. The number of rotatable bonds is 12. The molecule has 0 radical (unpaired) electrons. The van der Waals surface area contributed by atoms with E-state index in [1.54, 1.807) is 35.3 Å². The molecule has 49 heavy (non-hydrogen) atoms. The lowest BCUT2D eigenvalue weighted by Gasteiger charge is -2.22. The fourth-order valence-electron chi connectivity index (χ4n) is 4.41. The summed E-state index contributed by atoms with van der Waals surface area (Å²) in [5.41, 5.74) is 10.6. The van der Waals surface area contributed by atoms with Crippen LogP contribution in [0.4, 0.5) is 13.2 Å². The van der Waals surface area contributed by atoms with Gasteiger partial charge in [0.25, 0.3) is 5.91 Å².